The van der Waals surface area contributed by atoms with Gasteiger partial charge in [-0.05, 0) is 86.9 Å². The van der Waals surface area contributed by atoms with E-state index in [0.717, 1.165) is 34.4 Å². The molecule has 1 N–H and O–H groups in total. The average molecular weight is 645 g/mol. The van der Waals surface area contributed by atoms with Crippen LogP contribution in [0, 0.1) is 0 Å². The van der Waals surface area contributed by atoms with E-state index in [1.807, 2.05) is 129 Å². The van der Waals surface area contributed by atoms with Crippen molar-refractivity contribution in [2.45, 2.75) is 89.2 Å². The summed E-state index contributed by atoms with van der Waals surface area (Å²) in [6.07, 6.45) is 2.33. The molecule has 248 valence electrons. The number of carbonyl (C=O) groups excluding carboxylic acids is 3. The maximum absolute atomic E-state index is 15.0. The highest BCUT2D eigenvalue weighted by Crippen LogP contribution is 2.52. The Hall–Kier alpha value is -4.75. The number of amides is 2. The topological polar surface area (TPSA) is 84.9 Å². The van der Waals surface area contributed by atoms with Gasteiger partial charge in [0.05, 0.1) is 36.3 Å². The van der Waals surface area contributed by atoms with E-state index in [1.165, 1.54) is 0 Å². The van der Waals surface area contributed by atoms with Crippen LogP contribution in [-0.4, -0.2) is 35.5 Å². The highest BCUT2D eigenvalue weighted by atomic mass is 16.6. The van der Waals surface area contributed by atoms with Crippen molar-refractivity contribution in [2.75, 3.05) is 4.90 Å². The maximum atomic E-state index is 15.0. The van der Waals surface area contributed by atoms with Gasteiger partial charge >= 0.3 is 5.97 Å². The van der Waals surface area contributed by atoms with E-state index in [0.29, 0.717) is 38.0 Å². The van der Waals surface area contributed by atoms with Crippen molar-refractivity contribution >= 4 is 23.5 Å². The molecule has 2 amide bonds. The molecule has 4 aromatic rings. The van der Waals surface area contributed by atoms with Crippen LogP contribution < -0.4 is 10.2 Å². The SMILES string of the molecule is CC(C)(C)OC(=O)c1ccc2c(c1)[C@]1(CCC[C@@H](OCc3ccccc3)[C@@H]1NC(=O)CCc1ccccc1)C(=O)N2Cc1ccccc1. The Balaban J connectivity index is 1.41. The van der Waals surface area contributed by atoms with Crippen LogP contribution in [-0.2, 0) is 44.1 Å². The van der Waals surface area contributed by atoms with Crippen molar-refractivity contribution in [1.29, 1.82) is 0 Å². The molecule has 3 atom stereocenters. The summed E-state index contributed by atoms with van der Waals surface area (Å²) in [6.45, 7) is 6.22. The van der Waals surface area contributed by atoms with Crippen molar-refractivity contribution in [3.05, 3.63) is 137 Å². The Bertz CT molecular complexity index is 1740. The predicted octanol–water partition coefficient (Wildman–Crippen LogP) is 7.31. The second kappa shape index (κ2) is 14.2. The first-order chi connectivity index (χ1) is 23.1. The largest absolute Gasteiger partial charge is 0.456 e. The molecule has 0 radical (unpaired) electrons. The number of benzene rings is 4. The molecule has 1 heterocycles. The molecule has 7 nitrogen and oxygen atoms in total. The van der Waals surface area contributed by atoms with Gasteiger partial charge < -0.3 is 19.7 Å². The molecule has 48 heavy (non-hydrogen) atoms. The predicted molar refractivity (Wildman–Crippen MR) is 186 cm³/mol. The minimum atomic E-state index is -1.13. The smallest absolute Gasteiger partial charge is 0.338 e. The van der Waals surface area contributed by atoms with Gasteiger partial charge in [0.2, 0.25) is 11.8 Å². The van der Waals surface area contributed by atoms with Gasteiger partial charge in [-0.15, -0.1) is 0 Å². The molecule has 1 spiro atoms. The lowest BCUT2D eigenvalue weighted by molar-refractivity contribution is -0.133. The third-order valence-corrected chi connectivity index (χ3v) is 9.28. The van der Waals surface area contributed by atoms with Crippen LogP contribution in [0.25, 0.3) is 0 Å². The molecular formula is C41H44N2O5. The van der Waals surface area contributed by atoms with E-state index in [2.05, 4.69) is 5.32 Å². The first kappa shape index (κ1) is 33.2. The molecule has 1 saturated carbocycles. The first-order valence-electron chi connectivity index (χ1n) is 16.9. The van der Waals surface area contributed by atoms with Crippen LogP contribution in [0.1, 0.15) is 79.1 Å². The summed E-state index contributed by atoms with van der Waals surface area (Å²) in [5, 5.41) is 3.32. The van der Waals surface area contributed by atoms with E-state index in [9.17, 15) is 9.59 Å². The molecule has 1 aliphatic carbocycles. The highest BCUT2D eigenvalue weighted by molar-refractivity contribution is 6.10. The maximum Gasteiger partial charge on any atom is 0.338 e. The molecule has 1 aliphatic heterocycles. The third-order valence-electron chi connectivity index (χ3n) is 9.28. The zero-order valence-corrected chi connectivity index (χ0v) is 28.0. The molecule has 6 rings (SSSR count). The molecule has 0 saturated heterocycles. The van der Waals surface area contributed by atoms with Crippen LogP contribution in [0.15, 0.2) is 109 Å². The number of hydrogen-bond donors (Lipinski definition) is 1. The van der Waals surface area contributed by atoms with Crippen LogP contribution >= 0.6 is 0 Å². The number of aryl methyl sites for hydroxylation is 1. The summed E-state index contributed by atoms with van der Waals surface area (Å²) in [5.74, 6) is -0.688. The van der Waals surface area contributed by atoms with Crippen molar-refractivity contribution in [3.8, 4) is 0 Å². The van der Waals surface area contributed by atoms with Gasteiger partial charge in [0.15, 0.2) is 0 Å². The molecule has 1 fully saturated rings. The van der Waals surface area contributed by atoms with Crippen LogP contribution in [0.5, 0.6) is 0 Å². The van der Waals surface area contributed by atoms with E-state index < -0.39 is 29.1 Å². The second-order valence-electron chi connectivity index (χ2n) is 13.8. The van der Waals surface area contributed by atoms with E-state index in [-0.39, 0.29) is 18.2 Å². The Morgan fingerprint density at radius 2 is 1.48 bits per heavy atom. The zero-order chi connectivity index (χ0) is 33.7. The summed E-state index contributed by atoms with van der Waals surface area (Å²) < 4.78 is 12.4. The quantitative estimate of drug-likeness (QED) is 0.183. The number of fused-ring (bicyclic) bond motifs is 2. The van der Waals surface area contributed by atoms with Crippen molar-refractivity contribution in [2.24, 2.45) is 0 Å². The lowest BCUT2D eigenvalue weighted by Gasteiger charge is -2.45. The van der Waals surface area contributed by atoms with E-state index in [1.54, 1.807) is 6.07 Å². The van der Waals surface area contributed by atoms with Crippen LogP contribution in [0.2, 0.25) is 0 Å². The standard InChI is InChI=1S/C41H44N2O5/c1-40(2,3)48-38(45)32-22-23-34-33(26-32)41(39(46)43(34)27-30-16-9-5-10-17-30)25-13-20-35(47-28-31-18-11-6-12-19-31)37(41)42-36(44)24-21-29-14-7-4-8-15-29/h4-12,14-19,22-23,26,35,37H,13,20-21,24-25,27-28H2,1-3H3,(H,42,44)/t35-,37+,41+/m1/s1. The molecule has 4 aromatic carbocycles. The van der Waals surface area contributed by atoms with Gasteiger partial charge in [0.25, 0.3) is 0 Å². The molecule has 7 heteroatoms. The second-order valence-corrected chi connectivity index (χ2v) is 13.8. The van der Waals surface area contributed by atoms with Gasteiger partial charge in [0, 0.05) is 12.1 Å². The first-order valence-corrected chi connectivity index (χ1v) is 16.9. The number of carbonyl (C=O) groups is 3. The average Bonchev–Trinajstić information content (AvgIpc) is 3.31. The van der Waals surface area contributed by atoms with Crippen LogP contribution in [0.4, 0.5) is 5.69 Å². The summed E-state index contributed by atoms with van der Waals surface area (Å²) in [4.78, 5) is 44.0. The minimum absolute atomic E-state index is 0.0935. The third kappa shape index (κ3) is 7.21. The monoisotopic (exact) mass is 644 g/mol. The molecule has 0 unspecified atom stereocenters. The van der Waals surface area contributed by atoms with Gasteiger partial charge in [-0.1, -0.05) is 91.0 Å². The number of esters is 1. The minimum Gasteiger partial charge on any atom is -0.456 e. The number of anilines is 1. The fourth-order valence-electron chi connectivity index (χ4n) is 7.07. The molecule has 2 aliphatic rings. The molecular weight excluding hydrogens is 600 g/mol. The number of nitrogens with one attached hydrogen (secondary N) is 1. The van der Waals surface area contributed by atoms with Crippen molar-refractivity contribution in [1.82, 2.24) is 5.32 Å². The number of nitrogens with zero attached hydrogens (tertiary/aromatic N) is 1. The lowest BCUT2D eigenvalue weighted by atomic mass is 9.65. The summed E-state index contributed by atoms with van der Waals surface area (Å²) >= 11 is 0. The zero-order valence-electron chi connectivity index (χ0n) is 28.0. The van der Waals surface area contributed by atoms with Gasteiger partial charge in [-0.2, -0.15) is 0 Å². The Kier molecular flexibility index (Phi) is 9.78. The normalized spacial score (nSPS) is 20.4. The summed E-state index contributed by atoms with van der Waals surface area (Å²) in [7, 11) is 0. The fraction of sp³-hybridized carbons (Fsp3) is 0.341. The number of hydrogen-bond acceptors (Lipinski definition) is 5. The Labute approximate surface area is 283 Å². The number of rotatable bonds is 10. The summed E-state index contributed by atoms with van der Waals surface area (Å²) in [6, 6.07) is 34.5. The molecule has 0 aromatic heterocycles. The van der Waals surface area contributed by atoms with Gasteiger partial charge in [0.1, 0.15) is 5.60 Å². The number of ether oxygens (including phenoxy) is 2. The van der Waals surface area contributed by atoms with Crippen molar-refractivity contribution in [3.63, 3.8) is 0 Å². The van der Waals surface area contributed by atoms with Gasteiger partial charge in [-0.3, -0.25) is 9.59 Å². The van der Waals surface area contributed by atoms with Crippen LogP contribution in [0.3, 0.4) is 0 Å². The summed E-state index contributed by atoms with van der Waals surface area (Å²) in [5.41, 5.74) is 3.10. The van der Waals surface area contributed by atoms with Gasteiger partial charge in [-0.25, -0.2) is 4.79 Å². The van der Waals surface area contributed by atoms with Crippen molar-refractivity contribution < 1.29 is 23.9 Å². The Morgan fingerprint density at radius 1 is 0.854 bits per heavy atom. The lowest BCUT2D eigenvalue weighted by Crippen LogP contribution is -2.63. The highest BCUT2D eigenvalue weighted by Gasteiger charge is 2.59. The fourth-order valence-corrected chi connectivity index (χ4v) is 7.07. The Morgan fingerprint density at radius 3 is 2.12 bits per heavy atom. The van der Waals surface area contributed by atoms with E-state index in [4.69, 9.17) is 9.47 Å². The van der Waals surface area contributed by atoms with E-state index >= 15 is 4.79 Å². The molecule has 0 bridgehead atoms.